The molecule has 5 N–H and O–H groups in total. The molecular formula is C8H8BNO3S. The highest BCUT2D eigenvalue weighted by molar-refractivity contribution is 7.22. The van der Waals surface area contributed by atoms with Gasteiger partial charge in [0.2, 0.25) is 0 Å². The van der Waals surface area contributed by atoms with Gasteiger partial charge in [-0.25, -0.2) is 0 Å². The van der Waals surface area contributed by atoms with Gasteiger partial charge in [0.25, 0.3) is 0 Å². The molecule has 0 atom stereocenters. The Labute approximate surface area is 84.4 Å². The second-order valence-corrected chi connectivity index (χ2v) is 4.05. The number of nitrogen functional groups attached to an aromatic ring is 1. The van der Waals surface area contributed by atoms with Crippen molar-refractivity contribution in [3.8, 4) is 5.75 Å². The lowest BCUT2D eigenvalue weighted by atomic mass is 9.79. The molecule has 0 aliphatic carbocycles. The minimum absolute atomic E-state index is 0.0929. The van der Waals surface area contributed by atoms with Crippen molar-refractivity contribution in [3.63, 3.8) is 0 Å². The third kappa shape index (κ3) is 1.33. The zero-order chi connectivity index (χ0) is 10.3. The third-order valence-electron chi connectivity index (χ3n) is 2.00. The van der Waals surface area contributed by atoms with Gasteiger partial charge in [-0.3, -0.25) is 0 Å². The maximum absolute atomic E-state index is 9.66. The molecule has 0 aliphatic heterocycles. The summed E-state index contributed by atoms with van der Waals surface area (Å²) in [6.07, 6.45) is 0. The molecule has 2 rings (SSSR count). The predicted octanol–water partition coefficient (Wildman–Crippen LogP) is -0.131. The van der Waals surface area contributed by atoms with Crippen LogP contribution in [0.2, 0.25) is 0 Å². The number of anilines is 1. The fourth-order valence-electron chi connectivity index (χ4n) is 1.34. The number of nitrogens with two attached hydrogens (primary N) is 1. The molecule has 0 aliphatic rings. The van der Waals surface area contributed by atoms with Crippen molar-refractivity contribution in [1.82, 2.24) is 0 Å². The largest absolute Gasteiger partial charge is 0.508 e. The molecule has 0 unspecified atom stereocenters. The lowest BCUT2D eigenvalue weighted by Crippen LogP contribution is -2.29. The normalized spacial score (nSPS) is 10.7. The number of phenols is 1. The molecule has 0 bridgehead atoms. The van der Waals surface area contributed by atoms with Gasteiger partial charge in [0.15, 0.2) is 0 Å². The number of benzene rings is 1. The Morgan fingerprint density at radius 3 is 2.64 bits per heavy atom. The summed E-state index contributed by atoms with van der Waals surface area (Å²) in [5.74, 6) is -0.120. The van der Waals surface area contributed by atoms with E-state index in [2.05, 4.69) is 0 Å². The summed E-state index contributed by atoms with van der Waals surface area (Å²) in [7, 11) is -1.67. The molecule has 0 fully saturated rings. The highest BCUT2D eigenvalue weighted by Gasteiger charge is 2.18. The molecule has 0 saturated heterocycles. The molecule has 2 aromatic rings. The van der Waals surface area contributed by atoms with Crippen LogP contribution in [0.1, 0.15) is 0 Å². The molecule has 0 radical (unpaired) electrons. The molecule has 14 heavy (non-hydrogen) atoms. The van der Waals surface area contributed by atoms with Crippen molar-refractivity contribution >= 4 is 39.0 Å². The molecular weight excluding hydrogens is 201 g/mol. The van der Waals surface area contributed by atoms with Gasteiger partial charge < -0.3 is 20.9 Å². The van der Waals surface area contributed by atoms with Gasteiger partial charge >= 0.3 is 7.12 Å². The summed E-state index contributed by atoms with van der Waals surface area (Å²) in [6, 6.07) is 4.78. The minimum Gasteiger partial charge on any atom is -0.508 e. The van der Waals surface area contributed by atoms with E-state index in [1.807, 2.05) is 0 Å². The zero-order valence-corrected chi connectivity index (χ0v) is 7.95. The summed E-state index contributed by atoms with van der Waals surface area (Å²) < 4.78 is 0.824. The first-order valence-corrected chi connectivity index (χ1v) is 4.78. The number of fused-ring (bicyclic) bond motifs is 1. The maximum atomic E-state index is 9.66. The molecule has 0 saturated carbocycles. The van der Waals surface area contributed by atoms with Crippen LogP contribution in [-0.2, 0) is 0 Å². The monoisotopic (exact) mass is 209 g/mol. The van der Waals surface area contributed by atoms with Crippen molar-refractivity contribution in [1.29, 1.82) is 0 Å². The van der Waals surface area contributed by atoms with Gasteiger partial charge in [0.05, 0.1) is 5.00 Å². The van der Waals surface area contributed by atoms with Crippen molar-refractivity contribution in [2.24, 2.45) is 0 Å². The first-order chi connectivity index (χ1) is 6.59. The van der Waals surface area contributed by atoms with E-state index in [0.717, 1.165) is 4.70 Å². The summed E-state index contributed by atoms with van der Waals surface area (Å²) in [5, 5.41) is 28.7. The number of aromatic hydroxyl groups is 1. The number of phenolic OH excluding ortho intramolecular Hbond substituents is 1. The Balaban J connectivity index is 2.74. The second kappa shape index (κ2) is 3.16. The smallest absolute Gasteiger partial charge is 0.492 e. The number of rotatable bonds is 1. The summed E-state index contributed by atoms with van der Waals surface area (Å²) in [5.41, 5.74) is 5.66. The Kier molecular flexibility index (Phi) is 2.11. The molecule has 1 heterocycles. The summed E-state index contributed by atoms with van der Waals surface area (Å²) in [6.45, 7) is 0. The van der Waals surface area contributed by atoms with Gasteiger partial charge in [-0.2, -0.15) is 0 Å². The standard InChI is InChI=1S/C8H8BNO3S/c10-7-3-4-6(14-7)2-1-5(8(4)11)9(12)13/h1-3,11-13H,10H2. The lowest BCUT2D eigenvalue weighted by Gasteiger charge is -2.03. The van der Waals surface area contributed by atoms with Crippen molar-refractivity contribution < 1.29 is 15.2 Å². The van der Waals surface area contributed by atoms with Crippen molar-refractivity contribution in [2.75, 3.05) is 5.73 Å². The van der Waals surface area contributed by atoms with Gasteiger partial charge in [-0.05, 0) is 12.1 Å². The van der Waals surface area contributed by atoms with Gasteiger partial charge in [0, 0.05) is 15.5 Å². The van der Waals surface area contributed by atoms with E-state index in [1.54, 1.807) is 12.1 Å². The van der Waals surface area contributed by atoms with Crippen LogP contribution in [0, 0.1) is 0 Å². The third-order valence-corrected chi connectivity index (χ3v) is 2.93. The Morgan fingerprint density at radius 2 is 2.00 bits per heavy atom. The van der Waals surface area contributed by atoms with Crippen LogP contribution in [0.3, 0.4) is 0 Å². The topological polar surface area (TPSA) is 86.7 Å². The molecule has 4 nitrogen and oxygen atoms in total. The van der Waals surface area contributed by atoms with E-state index in [9.17, 15) is 5.11 Å². The number of hydrogen-bond acceptors (Lipinski definition) is 5. The van der Waals surface area contributed by atoms with Crippen LogP contribution >= 0.6 is 11.3 Å². The van der Waals surface area contributed by atoms with E-state index < -0.39 is 7.12 Å². The molecule has 0 spiro atoms. The number of thiophene rings is 1. The van der Waals surface area contributed by atoms with Crippen molar-refractivity contribution in [2.45, 2.75) is 0 Å². The maximum Gasteiger partial charge on any atom is 0.492 e. The average molecular weight is 209 g/mol. The van der Waals surface area contributed by atoms with Gasteiger partial charge in [-0.1, -0.05) is 6.07 Å². The molecule has 72 valence electrons. The Hall–Kier alpha value is -1.24. The highest BCUT2D eigenvalue weighted by atomic mass is 32.1. The van der Waals surface area contributed by atoms with Crippen LogP contribution in [-0.4, -0.2) is 22.3 Å². The minimum atomic E-state index is -1.67. The quantitative estimate of drug-likeness (QED) is 0.492. The van der Waals surface area contributed by atoms with Crippen LogP contribution in [0.5, 0.6) is 5.75 Å². The zero-order valence-electron chi connectivity index (χ0n) is 7.14. The van der Waals surface area contributed by atoms with Gasteiger partial charge in [0.1, 0.15) is 5.75 Å². The lowest BCUT2D eigenvalue weighted by molar-refractivity contribution is 0.420. The molecule has 1 aromatic heterocycles. The summed E-state index contributed by atoms with van der Waals surface area (Å²) in [4.78, 5) is 0. The van der Waals surface area contributed by atoms with E-state index >= 15 is 0 Å². The van der Waals surface area contributed by atoms with Crippen LogP contribution in [0.25, 0.3) is 10.1 Å². The van der Waals surface area contributed by atoms with Crippen LogP contribution in [0.4, 0.5) is 5.00 Å². The predicted molar refractivity (Wildman–Crippen MR) is 57.7 cm³/mol. The second-order valence-electron chi connectivity index (χ2n) is 2.94. The van der Waals surface area contributed by atoms with E-state index in [0.29, 0.717) is 10.4 Å². The highest BCUT2D eigenvalue weighted by Crippen LogP contribution is 2.32. The molecule has 6 heteroatoms. The Bertz CT molecular complexity index is 483. The fourth-order valence-corrected chi connectivity index (χ4v) is 2.17. The average Bonchev–Trinajstić information content (AvgIpc) is 2.46. The Morgan fingerprint density at radius 1 is 1.29 bits per heavy atom. The van der Waals surface area contributed by atoms with E-state index in [1.165, 1.54) is 17.4 Å². The van der Waals surface area contributed by atoms with Gasteiger partial charge in [-0.15, -0.1) is 11.3 Å². The molecule has 0 amide bonds. The van der Waals surface area contributed by atoms with E-state index in [4.69, 9.17) is 15.8 Å². The van der Waals surface area contributed by atoms with Crippen LogP contribution < -0.4 is 11.2 Å². The fraction of sp³-hybridized carbons (Fsp3) is 0. The van der Waals surface area contributed by atoms with E-state index in [-0.39, 0.29) is 11.2 Å². The van der Waals surface area contributed by atoms with Crippen LogP contribution in [0.15, 0.2) is 18.2 Å². The first kappa shape index (κ1) is 9.33. The first-order valence-electron chi connectivity index (χ1n) is 3.96. The molecule has 1 aromatic carbocycles. The SMILES string of the molecule is Nc1cc2c(O)c(B(O)O)ccc2s1. The number of hydrogen-bond donors (Lipinski definition) is 4. The summed E-state index contributed by atoms with van der Waals surface area (Å²) >= 11 is 1.34. The van der Waals surface area contributed by atoms with Crippen molar-refractivity contribution in [3.05, 3.63) is 18.2 Å².